The third-order valence-electron chi connectivity index (χ3n) is 2.20. The minimum Gasteiger partial charge on any atom is -0.387 e. The second kappa shape index (κ2) is 4.68. The number of aliphatic hydroxyl groups excluding tert-OH is 1. The van der Waals surface area contributed by atoms with Crippen LogP contribution in [0.1, 0.15) is 17.2 Å². The highest BCUT2D eigenvalue weighted by Gasteiger charge is 2.17. The number of hydrogen-bond acceptors (Lipinski definition) is 2. The summed E-state index contributed by atoms with van der Waals surface area (Å²) in [5, 5.41) is 9.64. The maximum Gasteiger partial charge on any atom is 0.164 e. The zero-order valence-corrected chi connectivity index (χ0v) is 9.09. The van der Waals surface area contributed by atoms with Crippen molar-refractivity contribution in [3.63, 3.8) is 0 Å². The fourth-order valence-corrected chi connectivity index (χ4v) is 1.36. The maximum absolute atomic E-state index is 13.4. The average molecular weight is 215 g/mol. The summed E-state index contributed by atoms with van der Waals surface area (Å²) in [5.41, 5.74) is 0.250. The monoisotopic (exact) mass is 215 g/mol. The predicted molar refractivity (Wildman–Crippen MR) is 54.6 cm³/mol. The van der Waals surface area contributed by atoms with E-state index in [-0.39, 0.29) is 17.7 Å². The van der Waals surface area contributed by atoms with Crippen LogP contribution < -0.4 is 0 Å². The Bertz CT molecular complexity index is 353. The first-order valence-corrected chi connectivity index (χ1v) is 4.70. The average Bonchev–Trinajstić information content (AvgIpc) is 2.13. The van der Waals surface area contributed by atoms with Gasteiger partial charge in [0, 0.05) is 12.1 Å². The number of likely N-dealkylation sites (N-methyl/N-ethyl adjacent to an activating group) is 1. The Balaban J connectivity index is 3.00. The van der Waals surface area contributed by atoms with Crippen molar-refractivity contribution in [1.29, 1.82) is 0 Å². The molecule has 0 aliphatic carbocycles. The minimum absolute atomic E-state index is 0.00630. The summed E-state index contributed by atoms with van der Waals surface area (Å²) >= 11 is 0. The van der Waals surface area contributed by atoms with E-state index in [1.54, 1.807) is 19.0 Å². The first-order valence-electron chi connectivity index (χ1n) is 4.70. The van der Waals surface area contributed by atoms with Crippen LogP contribution in [-0.4, -0.2) is 30.6 Å². The number of aryl methyl sites for hydroxylation is 1. The molecule has 1 N–H and O–H groups in total. The summed E-state index contributed by atoms with van der Waals surface area (Å²) in [6.07, 6.45) is -1.00. The largest absolute Gasteiger partial charge is 0.387 e. The molecule has 0 saturated carbocycles. The number of aliphatic hydroxyl groups is 1. The molecule has 1 atom stereocenters. The van der Waals surface area contributed by atoms with Crippen molar-refractivity contribution in [2.45, 2.75) is 13.0 Å². The van der Waals surface area contributed by atoms with Gasteiger partial charge >= 0.3 is 0 Å². The van der Waals surface area contributed by atoms with Gasteiger partial charge in [-0.2, -0.15) is 0 Å². The number of benzene rings is 1. The van der Waals surface area contributed by atoms with Crippen LogP contribution >= 0.6 is 0 Å². The molecule has 0 bridgehead atoms. The van der Waals surface area contributed by atoms with E-state index in [1.165, 1.54) is 19.1 Å². The molecule has 84 valence electrons. The van der Waals surface area contributed by atoms with Crippen molar-refractivity contribution >= 4 is 0 Å². The van der Waals surface area contributed by atoms with Crippen molar-refractivity contribution in [2.24, 2.45) is 0 Å². The van der Waals surface area contributed by atoms with Gasteiger partial charge < -0.3 is 10.0 Å². The van der Waals surface area contributed by atoms with E-state index < -0.39 is 17.7 Å². The molecule has 1 rings (SSSR count). The minimum atomic E-state index is -1.00. The van der Waals surface area contributed by atoms with Crippen LogP contribution in [0.15, 0.2) is 12.1 Å². The highest BCUT2D eigenvalue weighted by atomic mass is 19.2. The molecule has 1 unspecified atom stereocenters. The molecule has 0 aromatic heterocycles. The Morgan fingerprint density at radius 1 is 1.27 bits per heavy atom. The molecule has 0 amide bonds. The van der Waals surface area contributed by atoms with Gasteiger partial charge in [-0.25, -0.2) is 8.78 Å². The lowest BCUT2D eigenvalue weighted by molar-refractivity contribution is 0.133. The van der Waals surface area contributed by atoms with E-state index in [4.69, 9.17) is 0 Å². The van der Waals surface area contributed by atoms with Gasteiger partial charge in [0.05, 0.1) is 6.10 Å². The standard InChI is InChI=1S/C11H15F2NO/c1-7-4-5-8(11(13)10(7)12)9(15)6-14(2)3/h4-5,9,15H,6H2,1-3H3. The summed E-state index contributed by atoms with van der Waals surface area (Å²) in [7, 11) is 3.51. The van der Waals surface area contributed by atoms with Gasteiger partial charge in [0.1, 0.15) is 0 Å². The van der Waals surface area contributed by atoms with Crippen molar-refractivity contribution in [1.82, 2.24) is 4.90 Å². The van der Waals surface area contributed by atoms with E-state index in [2.05, 4.69) is 0 Å². The zero-order chi connectivity index (χ0) is 11.6. The Morgan fingerprint density at radius 3 is 2.40 bits per heavy atom. The Hall–Kier alpha value is -1.00. The fraction of sp³-hybridized carbons (Fsp3) is 0.455. The van der Waals surface area contributed by atoms with E-state index in [9.17, 15) is 13.9 Å². The van der Waals surface area contributed by atoms with Crippen molar-refractivity contribution in [3.8, 4) is 0 Å². The van der Waals surface area contributed by atoms with E-state index in [0.717, 1.165) is 0 Å². The van der Waals surface area contributed by atoms with Gasteiger partial charge in [0.15, 0.2) is 11.6 Å². The fourth-order valence-electron chi connectivity index (χ4n) is 1.36. The topological polar surface area (TPSA) is 23.5 Å². The first kappa shape index (κ1) is 12.1. The molecule has 0 spiro atoms. The number of halogens is 2. The Kier molecular flexibility index (Phi) is 3.77. The lowest BCUT2D eigenvalue weighted by Crippen LogP contribution is -2.21. The van der Waals surface area contributed by atoms with Gasteiger partial charge in [0.25, 0.3) is 0 Å². The molecule has 0 aliphatic rings. The molecule has 0 aliphatic heterocycles. The number of rotatable bonds is 3. The smallest absolute Gasteiger partial charge is 0.164 e. The van der Waals surface area contributed by atoms with Crippen LogP contribution in [0, 0.1) is 18.6 Å². The molecule has 0 fully saturated rings. The van der Waals surface area contributed by atoms with Gasteiger partial charge in [-0.3, -0.25) is 0 Å². The van der Waals surface area contributed by atoms with Gasteiger partial charge in [-0.05, 0) is 26.6 Å². The quantitative estimate of drug-likeness (QED) is 0.832. The highest BCUT2D eigenvalue weighted by molar-refractivity contribution is 5.27. The Morgan fingerprint density at radius 2 is 1.87 bits per heavy atom. The van der Waals surface area contributed by atoms with E-state index in [1.807, 2.05) is 0 Å². The van der Waals surface area contributed by atoms with Crippen LogP contribution in [0.3, 0.4) is 0 Å². The van der Waals surface area contributed by atoms with Crippen LogP contribution in [-0.2, 0) is 0 Å². The number of hydrogen-bond donors (Lipinski definition) is 1. The van der Waals surface area contributed by atoms with Crippen LogP contribution in [0.25, 0.3) is 0 Å². The second-order valence-corrected chi connectivity index (χ2v) is 3.88. The zero-order valence-electron chi connectivity index (χ0n) is 9.09. The summed E-state index contributed by atoms with van der Waals surface area (Å²) in [5.74, 6) is -1.84. The molecule has 1 aromatic carbocycles. The van der Waals surface area contributed by atoms with Crippen LogP contribution in [0.5, 0.6) is 0 Å². The second-order valence-electron chi connectivity index (χ2n) is 3.88. The lowest BCUT2D eigenvalue weighted by atomic mass is 10.1. The third kappa shape index (κ3) is 2.73. The van der Waals surface area contributed by atoms with Crippen molar-refractivity contribution in [2.75, 3.05) is 20.6 Å². The van der Waals surface area contributed by atoms with Crippen LogP contribution in [0.4, 0.5) is 8.78 Å². The van der Waals surface area contributed by atoms with Gasteiger partial charge in [-0.15, -0.1) is 0 Å². The van der Waals surface area contributed by atoms with Crippen LogP contribution in [0.2, 0.25) is 0 Å². The molecular formula is C11H15F2NO. The van der Waals surface area contributed by atoms with E-state index >= 15 is 0 Å². The Labute approximate surface area is 88.1 Å². The summed E-state index contributed by atoms with van der Waals surface area (Å²) in [6.45, 7) is 1.75. The van der Waals surface area contributed by atoms with Gasteiger partial charge in [-0.1, -0.05) is 12.1 Å². The lowest BCUT2D eigenvalue weighted by Gasteiger charge is -2.17. The summed E-state index contributed by atoms with van der Waals surface area (Å²) in [4.78, 5) is 1.71. The SMILES string of the molecule is Cc1ccc(C(O)CN(C)C)c(F)c1F. The highest BCUT2D eigenvalue weighted by Crippen LogP contribution is 2.21. The van der Waals surface area contributed by atoms with Crippen molar-refractivity contribution in [3.05, 3.63) is 34.9 Å². The first-order chi connectivity index (χ1) is 6.93. The predicted octanol–water partition coefficient (Wildman–Crippen LogP) is 1.87. The molecular weight excluding hydrogens is 200 g/mol. The molecule has 1 aromatic rings. The molecule has 2 nitrogen and oxygen atoms in total. The molecule has 0 saturated heterocycles. The number of nitrogens with zero attached hydrogens (tertiary/aromatic N) is 1. The van der Waals surface area contributed by atoms with E-state index in [0.29, 0.717) is 0 Å². The van der Waals surface area contributed by atoms with Gasteiger partial charge in [0.2, 0.25) is 0 Å². The maximum atomic E-state index is 13.4. The summed E-state index contributed by atoms with van der Waals surface area (Å²) < 4.78 is 26.6. The van der Waals surface area contributed by atoms with Crippen molar-refractivity contribution < 1.29 is 13.9 Å². The molecule has 0 radical (unpaired) electrons. The normalized spacial score (nSPS) is 13.3. The molecule has 15 heavy (non-hydrogen) atoms. The third-order valence-corrected chi connectivity index (χ3v) is 2.20. The molecule has 4 heteroatoms. The summed E-state index contributed by atoms with van der Waals surface area (Å²) in [6, 6.07) is 2.88. The molecule has 0 heterocycles.